The van der Waals surface area contributed by atoms with Gasteiger partial charge in [-0.05, 0) is 98.5 Å². The summed E-state index contributed by atoms with van der Waals surface area (Å²) in [5.74, 6) is -3.37. The minimum Gasteiger partial charge on any atom is -0.490 e. The summed E-state index contributed by atoms with van der Waals surface area (Å²) in [7, 11) is -2.18. The number of nitrogens with zero attached hydrogens (tertiary/aromatic N) is 4. The van der Waals surface area contributed by atoms with Crippen molar-refractivity contribution in [2.24, 2.45) is 7.05 Å². The molecule has 4 amide bonds. The Morgan fingerprint density at radius 3 is 2.39 bits per heavy atom. The van der Waals surface area contributed by atoms with Gasteiger partial charge in [0.15, 0.2) is 17.2 Å². The minimum atomic E-state index is -3.84. The van der Waals surface area contributed by atoms with Crippen molar-refractivity contribution in [3.63, 3.8) is 0 Å². The summed E-state index contributed by atoms with van der Waals surface area (Å²) in [5, 5.41) is 24.0. The maximum Gasteiger partial charge on any atom is 0.349 e. The molecule has 3 aromatic carbocycles. The third kappa shape index (κ3) is 9.93. The fraction of sp³-hybridized carbons (Fsp3) is 0.391. The van der Waals surface area contributed by atoms with E-state index in [9.17, 15) is 42.3 Å². The second-order valence-corrected chi connectivity index (χ2v) is 20.9. The zero-order valence-corrected chi connectivity index (χ0v) is 39.2. The van der Waals surface area contributed by atoms with Crippen LogP contribution in [0.3, 0.4) is 0 Å². The third-order valence-electron chi connectivity index (χ3n) is 12.6. The zero-order chi connectivity index (χ0) is 47.9. The van der Waals surface area contributed by atoms with Gasteiger partial charge >= 0.3 is 23.7 Å². The molecular formula is C46H49ClN6O12S2. The summed E-state index contributed by atoms with van der Waals surface area (Å²) >= 11 is 7.35. The number of fused-ring (bicyclic) bond motifs is 1. The molecule has 3 saturated heterocycles. The topological polar surface area (TPSA) is 236 Å². The molecule has 2 atom stereocenters. The van der Waals surface area contributed by atoms with Crippen LogP contribution in [0.2, 0.25) is 5.02 Å². The molecule has 354 valence electrons. The number of rotatable bonds is 13. The van der Waals surface area contributed by atoms with Crippen molar-refractivity contribution in [2.75, 3.05) is 31.6 Å². The molecule has 4 N–H and O–H groups in total. The van der Waals surface area contributed by atoms with E-state index in [-0.39, 0.29) is 70.4 Å². The number of piperidine rings is 3. The van der Waals surface area contributed by atoms with Gasteiger partial charge in [0, 0.05) is 50.7 Å². The Hall–Kier alpha value is -6.22. The van der Waals surface area contributed by atoms with Crippen molar-refractivity contribution in [2.45, 2.75) is 81.7 Å². The van der Waals surface area contributed by atoms with E-state index in [0.29, 0.717) is 77.2 Å². The van der Waals surface area contributed by atoms with Crippen molar-refractivity contribution >= 4 is 79.5 Å². The lowest BCUT2D eigenvalue weighted by molar-refractivity contribution is -0.139. The summed E-state index contributed by atoms with van der Waals surface area (Å²) in [5.41, 5.74) is 2.66. The number of sulfonamides is 1. The first-order chi connectivity index (χ1) is 31.8. The van der Waals surface area contributed by atoms with Crippen LogP contribution < -0.4 is 25.8 Å². The molecule has 5 heterocycles. The van der Waals surface area contributed by atoms with Gasteiger partial charge in [-0.25, -0.2) is 27.6 Å². The average Bonchev–Trinajstić information content (AvgIpc) is 3.73. The van der Waals surface area contributed by atoms with E-state index in [1.165, 1.54) is 13.4 Å². The number of aromatic carboxylic acids is 1. The molecule has 2 aromatic heterocycles. The number of ether oxygens (including phenoxy) is 2. The summed E-state index contributed by atoms with van der Waals surface area (Å²) < 4.78 is 44.1. The summed E-state index contributed by atoms with van der Waals surface area (Å²) in [4.78, 5) is 75.9. The second-order valence-electron chi connectivity index (χ2n) is 17.6. The minimum absolute atomic E-state index is 0.0312. The number of amides is 4. The lowest BCUT2D eigenvalue weighted by Gasteiger charge is -2.44. The smallest absolute Gasteiger partial charge is 0.349 e. The molecule has 67 heavy (non-hydrogen) atoms. The van der Waals surface area contributed by atoms with Crippen molar-refractivity contribution in [1.29, 1.82) is 0 Å². The largest absolute Gasteiger partial charge is 0.490 e. The van der Waals surface area contributed by atoms with E-state index in [1.54, 1.807) is 60.5 Å². The lowest BCUT2D eigenvalue weighted by Crippen LogP contribution is -2.55. The van der Waals surface area contributed by atoms with Crippen LogP contribution in [0, 0.1) is 0 Å². The highest BCUT2D eigenvalue weighted by molar-refractivity contribution is 7.88. The lowest BCUT2D eigenvalue weighted by atomic mass is 9.89. The number of urea groups is 1. The maximum absolute atomic E-state index is 14.0. The molecule has 18 nitrogen and oxygen atoms in total. The Bertz CT molecular complexity index is 2970. The Balaban J connectivity index is 0.858. The van der Waals surface area contributed by atoms with Crippen LogP contribution in [-0.4, -0.2) is 105 Å². The number of anilines is 1. The molecule has 0 aliphatic carbocycles. The first kappa shape index (κ1) is 47.3. The van der Waals surface area contributed by atoms with Gasteiger partial charge in [-0.3, -0.25) is 24.0 Å². The van der Waals surface area contributed by atoms with Crippen molar-refractivity contribution in [1.82, 2.24) is 23.7 Å². The normalized spacial score (nSPS) is 19.3. The number of likely N-dealkylation sites (tertiary alicyclic amines) is 1. The predicted octanol–water partition coefficient (Wildman–Crippen LogP) is 6.42. The van der Waals surface area contributed by atoms with Crippen LogP contribution in [0.5, 0.6) is 11.5 Å². The standard InChI is InChI=1S/C46H49ClN6O12S2/c1-46(2)23-32(65-31-9-5-7-29(21-31)40-38(47)39(64-24-37(55)56)41(66-40)43(58)59)16-19-52(46)67(62,63)25-26-6-4-8-30(20-26)48-44(60)51-17-14-27(15-18-51)28-10-11-33-35(22-28)50(3)45(61)53(33)34-12-13-36(54)49-42(34)57/h4-11,20-22,27,32,34H,12-19,23-25H2,1-3H3,(H,48,60)(H,55,56)(H,58,59)(H,49,54,57)/t32-,34?/m1/s1. The van der Waals surface area contributed by atoms with Gasteiger partial charge in [0.2, 0.25) is 21.8 Å². The second kappa shape index (κ2) is 18.8. The van der Waals surface area contributed by atoms with E-state index in [2.05, 4.69) is 10.6 Å². The number of imidazole rings is 1. The first-order valence-electron chi connectivity index (χ1n) is 21.7. The van der Waals surface area contributed by atoms with E-state index in [4.69, 9.17) is 26.2 Å². The molecule has 0 bridgehead atoms. The van der Waals surface area contributed by atoms with Gasteiger partial charge in [0.25, 0.3) is 0 Å². The Morgan fingerprint density at radius 2 is 1.69 bits per heavy atom. The first-order valence-corrected chi connectivity index (χ1v) is 24.5. The molecule has 3 fully saturated rings. The number of carboxylic acid groups (broad SMARTS) is 2. The number of aliphatic carboxylic acids is 1. The van der Waals surface area contributed by atoms with Gasteiger partial charge < -0.3 is 29.9 Å². The summed E-state index contributed by atoms with van der Waals surface area (Å²) in [6.07, 6.45) is 2.16. The number of carbonyl (C=O) groups is 5. The fourth-order valence-electron chi connectivity index (χ4n) is 9.34. The SMILES string of the molecule is Cn1c(=O)n(C2CCC(=O)NC2=O)c2ccc(C3CCN(C(=O)Nc4cccc(CS(=O)(=O)N5CC[C@@H](Oc6cccc(-c7sc(C(=O)O)c(OCC(=O)O)c7Cl)c6)CC5(C)C)c4)CC3)cc21. The number of imide groups is 1. The average molecular weight is 978 g/mol. The van der Waals surface area contributed by atoms with E-state index < -0.39 is 46.1 Å². The van der Waals surface area contributed by atoms with Crippen LogP contribution in [0.15, 0.2) is 71.5 Å². The monoisotopic (exact) mass is 976 g/mol. The number of aryl methyl sites for hydroxylation is 1. The summed E-state index contributed by atoms with van der Waals surface area (Å²) in [6, 6.07) is 18.3. The van der Waals surface area contributed by atoms with Gasteiger partial charge in [-0.2, -0.15) is 4.31 Å². The third-order valence-corrected chi connectivity index (χ3v) is 16.3. The number of hydrogen-bond donors (Lipinski definition) is 4. The number of aromatic nitrogens is 2. The van der Waals surface area contributed by atoms with E-state index in [0.717, 1.165) is 16.9 Å². The quantitative estimate of drug-likeness (QED) is 0.0936. The van der Waals surface area contributed by atoms with Gasteiger partial charge in [-0.15, -0.1) is 11.3 Å². The zero-order valence-electron chi connectivity index (χ0n) is 36.8. The molecule has 21 heteroatoms. The Morgan fingerprint density at radius 1 is 0.940 bits per heavy atom. The van der Waals surface area contributed by atoms with Gasteiger partial charge in [-0.1, -0.05) is 41.9 Å². The number of benzene rings is 3. The van der Waals surface area contributed by atoms with Crippen LogP contribution >= 0.6 is 22.9 Å². The maximum atomic E-state index is 14.0. The molecule has 0 radical (unpaired) electrons. The van der Waals surface area contributed by atoms with Crippen molar-refractivity contribution in [3.05, 3.63) is 98.2 Å². The molecule has 0 saturated carbocycles. The highest BCUT2D eigenvalue weighted by Crippen LogP contribution is 2.46. The van der Waals surface area contributed by atoms with Crippen LogP contribution in [-0.2, 0) is 37.2 Å². The van der Waals surface area contributed by atoms with E-state index in [1.807, 2.05) is 32.0 Å². The van der Waals surface area contributed by atoms with Crippen molar-refractivity contribution in [3.8, 4) is 21.9 Å². The van der Waals surface area contributed by atoms with Crippen LogP contribution in [0.4, 0.5) is 10.5 Å². The number of hydrogen-bond acceptors (Lipinski definition) is 11. The molecule has 3 aliphatic heterocycles. The van der Waals surface area contributed by atoms with Crippen molar-refractivity contribution < 1.29 is 52.1 Å². The van der Waals surface area contributed by atoms with E-state index >= 15 is 0 Å². The molecule has 3 aliphatic rings. The number of halogens is 1. The molecule has 5 aromatic rings. The molecule has 1 unspecified atom stereocenters. The predicted molar refractivity (Wildman–Crippen MR) is 250 cm³/mol. The molecule has 8 rings (SSSR count). The number of nitrogens with one attached hydrogen (secondary N) is 2. The fourth-order valence-corrected chi connectivity index (χ4v) is 12.7. The number of carboxylic acids is 2. The Kier molecular flexibility index (Phi) is 13.3. The van der Waals surface area contributed by atoms with Gasteiger partial charge in [0.1, 0.15) is 22.9 Å². The van der Waals surface area contributed by atoms with Gasteiger partial charge in [0.05, 0.1) is 21.7 Å². The molecular weight excluding hydrogens is 928 g/mol. The highest BCUT2D eigenvalue weighted by atomic mass is 35.5. The highest BCUT2D eigenvalue weighted by Gasteiger charge is 2.42. The van der Waals surface area contributed by atoms with Crippen LogP contribution in [0.25, 0.3) is 21.5 Å². The summed E-state index contributed by atoms with van der Waals surface area (Å²) in [6.45, 7) is 4.06. The number of carbonyl (C=O) groups excluding carboxylic acids is 3. The molecule has 0 spiro atoms. The Labute approximate surface area is 394 Å². The van der Waals surface area contributed by atoms with Crippen LogP contribution in [0.1, 0.15) is 85.1 Å². The number of thiophene rings is 1.